The zero-order valence-corrected chi connectivity index (χ0v) is 21.7. The molecule has 0 unspecified atom stereocenters. The predicted octanol–water partition coefficient (Wildman–Crippen LogP) is 4.50. The summed E-state index contributed by atoms with van der Waals surface area (Å²) in [5.41, 5.74) is 1.61. The molecule has 0 N–H and O–H groups in total. The average Bonchev–Trinajstić information content (AvgIpc) is 2.88. The molecule has 1 aliphatic rings. The van der Waals surface area contributed by atoms with E-state index in [9.17, 15) is 13.2 Å². The molecule has 0 bridgehead atoms. The van der Waals surface area contributed by atoms with Crippen molar-refractivity contribution in [1.29, 1.82) is 0 Å². The molecule has 1 amide bonds. The molecule has 1 heterocycles. The first-order valence-corrected chi connectivity index (χ1v) is 13.7. The Bertz CT molecular complexity index is 1260. The van der Waals surface area contributed by atoms with Crippen molar-refractivity contribution < 1.29 is 13.2 Å². The van der Waals surface area contributed by atoms with Gasteiger partial charge in [-0.1, -0.05) is 82.7 Å². The Morgan fingerprint density at radius 2 is 1.54 bits per heavy atom. The van der Waals surface area contributed by atoms with E-state index >= 15 is 0 Å². The van der Waals surface area contributed by atoms with Gasteiger partial charge in [-0.15, -0.1) is 0 Å². The van der Waals surface area contributed by atoms with E-state index in [1.807, 2.05) is 24.3 Å². The number of sulfonamides is 1. The summed E-state index contributed by atoms with van der Waals surface area (Å²) in [7, 11) is -3.91. The Morgan fingerprint density at radius 3 is 2.20 bits per heavy atom. The zero-order valence-electron chi connectivity index (χ0n) is 19.3. The lowest BCUT2D eigenvalue weighted by molar-refractivity contribution is -0.131. The third kappa shape index (κ3) is 6.60. The fourth-order valence-electron chi connectivity index (χ4n) is 3.97. The zero-order chi connectivity index (χ0) is 24.7. The summed E-state index contributed by atoms with van der Waals surface area (Å²) in [6.45, 7) is 3.18. The molecule has 3 aromatic carbocycles. The van der Waals surface area contributed by atoms with Crippen molar-refractivity contribution in [3.63, 3.8) is 0 Å². The first-order valence-electron chi connectivity index (χ1n) is 11.5. The van der Waals surface area contributed by atoms with Crippen LogP contribution in [-0.4, -0.2) is 63.4 Å². The molecule has 0 radical (unpaired) electrons. The average molecular weight is 555 g/mol. The van der Waals surface area contributed by atoms with Gasteiger partial charge in [0.1, 0.15) is 6.54 Å². The van der Waals surface area contributed by atoms with Crippen LogP contribution in [0.5, 0.6) is 0 Å². The van der Waals surface area contributed by atoms with E-state index in [1.165, 1.54) is 4.31 Å². The Hall–Kier alpha value is -2.94. The van der Waals surface area contributed by atoms with Crippen molar-refractivity contribution in [2.75, 3.05) is 43.6 Å². The quantitative estimate of drug-likeness (QED) is 0.412. The number of hydrogen-bond donors (Lipinski definition) is 0. The van der Waals surface area contributed by atoms with Crippen molar-refractivity contribution in [2.45, 2.75) is 4.90 Å². The largest absolute Gasteiger partial charge is 0.339 e. The lowest BCUT2D eigenvalue weighted by Crippen LogP contribution is -2.51. The maximum Gasteiger partial charge on any atom is 0.264 e. The predicted molar refractivity (Wildman–Crippen MR) is 144 cm³/mol. The van der Waals surface area contributed by atoms with Crippen molar-refractivity contribution in [3.8, 4) is 0 Å². The standard InChI is InChI=1S/C27H28BrN3O3S/c28-24-12-7-13-25(21-24)31(35(33,34)26-14-5-2-6-15-26)22-27(32)30-19-17-29(18-20-30)16-8-11-23-9-3-1-4-10-23/h1-15,21H,16-20,22H2/b11-8+. The molecule has 0 aliphatic carbocycles. The number of rotatable bonds is 8. The monoisotopic (exact) mass is 553 g/mol. The van der Waals surface area contributed by atoms with Crippen molar-refractivity contribution in [1.82, 2.24) is 9.80 Å². The van der Waals surface area contributed by atoms with Crippen molar-refractivity contribution in [2.24, 2.45) is 0 Å². The summed E-state index contributed by atoms with van der Waals surface area (Å²) >= 11 is 3.41. The van der Waals surface area contributed by atoms with Crippen molar-refractivity contribution >= 4 is 43.6 Å². The van der Waals surface area contributed by atoms with Gasteiger partial charge in [0, 0.05) is 37.2 Å². The summed E-state index contributed by atoms with van der Waals surface area (Å²) in [6, 6.07) is 25.4. The van der Waals surface area contributed by atoms with Gasteiger partial charge < -0.3 is 4.90 Å². The van der Waals surface area contributed by atoms with E-state index in [0.717, 1.165) is 29.7 Å². The van der Waals surface area contributed by atoms with E-state index in [-0.39, 0.29) is 17.3 Å². The van der Waals surface area contributed by atoms with Gasteiger partial charge in [-0.25, -0.2) is 8.42 Å². The molecule has 1 saturated heterocycles. The van der Waals surface area contributed by atoms with Gasteiger partial charge in [-0.05, 0) is 35.9 Å². The fourth-order valence-corrected chi connectivity index (χ4v) is 5.78. The number of benzene rings is 3. The molecule has 0 spiro atoms. The highest BCUT2D eigenvalue weighted by Crippen LogP contribution is 2.26. The third-order valence-corrected chi connectivity index (χ3v) is 8.19. The SMILES string of the molecule is O=C(CN(c1cccc(Br)c1)S(=O)(=O)c1ccccc1)N1CCN(C/C=C/c2ccccc2)CC1. The van der Waals surface area contributed by atoms with Crippen LogP contribution < -0.4 is 4.31 Å². The molecular weight excluding hydrogens is 526 g/mol. The summed E-state index contributed by atoms with van der Waals surface area (Å²) in [6.07, 6.45) is 4.23. The lowest BCUT2D eigenvalue weighted by Gasteiger charge is -2.35. The number of anilines is 1. The first kappa shape index (κ1) is 25.2. The Kier molecular flexibility index (Phi) is 8.38. The molecule has 8 heteroatoms. The molecule has 4 rings (SSSR count). The lowest BCUT2D eigenvalue weighted by atomic mass is 10.2. The van der Waals surface area contributed by atoms with Crippen LogP contribution in [0.2, 0.25) is 0 Å². The van der Waals surface area contributed by atoms with E-state index < -0.39 is 10.0 Å². The van der Waals surface area contributed by atoms with Crippen LogP contribution in [0.4, 0.5) is 5.69 Å². The topological polar surface area (TPSA) is 60.9 Å². The highest BCUT2D eigenvalue weighted by molar-refractivity contribution is 9.10. The highest BCUT2D eigenvalue weighted by Gasteiger charge is 2.30. The second-order valence-electron chi connectivity index (χ2n) is 8.30. The number of carbonyl (C=O) groups is 1. The van der Waals surface area contributed by atoms with Gasteiger partial charge in [0.15, 0.2) is 0 Å². The Labute approximate surface area is 215 Å². The number of hydrogen-bond acceptors (Lipinski definition) is 4. The summed E-state index contributed by atoms with van der Waals surface area (Å²) in [5.74, 6) is -0.205. The van der Waals surface area contributed by atoms with E-state index in [1.54, 1.807) is 53.4 Å². The second kappa shape index (κ2) is 11.7. The van der Waals surface area contributed by atoms with Gasteiger partial charge in [0.2, 0.25) is 5.91 Å². The molecule has 6 nitrogen and oxygen atoms in total. The molecule has 0 saturated carbocycles. The molecule has 3 aromatic rings. The molecule has 0 atom stereocenters. The Morgan fingerprint density at radius 1 is 0.886 bits per heavy atom. The van der Waals surface area contributed by atoms with Gasteiger partial charge in [-0.3, -0.25) is 14.0 Å². The third-order valence-electron chi connectivity index (χ3n) is 5.90. The van der Waals surface area contributed by atoms with Crippen LogP contribution in [0, 0.1) is 0 Å². The molecule has 35 heavy (non-hydrogen) atoms. The van der Waals surface area contributed by atoms with Crippen LogP contribution in [0.1, 0.15) is 5.56 Å². The van der Waals surface area contributed by atoms with E-state index in [2.05, 4.69) is 45.1 Å². The summed E-state index contributed by atoms with van der Waals surface area (Å²) in [4.78, 5) is 17.4. The minimum Gasteiger partial charge on any atom is -0.339 e. The fraction of sp³-hybridized carbons (Fsp3) is 0.222. The number of amides is 1. The van der Waals surface area contributed by atoms with Crippen LogP contribution in [0.3, 0.4) is 0 Å². The van der Waals surface area contributed by atoms with Gasteiger partial charge in [0.25, 0.3) is 10.0 Å². The van der Waals surface area contributed by atoms with E-state index in [4.69, 9.17) is 0 Å². The molecule has 182 valence electrons. The highest BCUT2D eigenvalue weighted by atomic mass is 79.9. The molecule has 0 aromatic heterocycles. The van der Waals surface area contributed by atoms with E-state index in [0.29, 0.717) is 18.8 Å². The molecule has 1 aliphatic heterocycles. The number of halogens is 1. The van der Waals surface area contributed by atoms with Gasteiger partial charge in [0.05, 0.1) is 10.6 Å². The maximum absolute atomic E-state index is 13.5. The minimum atomic E-state index is -3.91. The Balaban J connectivity index is 1.42. The summed E-state index contributed by atoms with van der Waals surface area (Å²) in [5, 5.41) is 0. The normalized spacial score (nSPS) is 14.8. The number of nitrogens with zero attached hydrogens (tertiary/aromatic N) is 3. The first-order chi connectivity index (χ1) is 16.9. The van der Waals surface area contributed by atoms with Crippen LogP contribution in [-0.2, 0) is 14.8 Å². The van der Waals surface area contributed by atoms with Crippen LogP contribution >= 0.6 is 15.9 Å². The number of carbonyl (C=O) groups excluding carboxylic acids is 1. The van der Waals surface area contributed by atoms with Crippen LogP contribution in [0.15, 0.2) is 100 Å². The smallest absolute Gasteiger partial charge is 0.264 e. The molecule has 1 fully saturated rings. The van der Waals surface area contributed by atoms with Gasteiger partial charge in [-0.2, -0.15) is 0 Å². The maximum atomic E-state index is 13.5. The second-order valence-corrected chi connectivity index (χ2v) is 11.1. The summed E-state index contributed by atoms with van der Waals surface area (Å²) < 4.78 is 28.9. The van der Waals surface area contributed by atoms with Crippen molar-refractivity contribution in [3.05, 3.63) is 101 Å². The minimum absolute atomic E-state index is 0.155. The number of piperazine rings is 1. The van der Waals surface area contributed by atoms with Gasteiger partial charge >= 0.3 is 0 Å². The molecular formula is C27H28BrN3O3S. The van der Waals surface area contributed by atoms with Crippen LogP contribution in [0.25, 0.3) is 6.08 Å².